The fourth-order valence-corrected chi connectivity index (χ4v) is 3.76. The summed E-state index contributed by atoms with van der Waals surface area (Å²) in [5, 5.41) is 3.36. The van der Waals surface area contributed by atoms with Crippen molar-refractivity contribution in [3.63, 3.8) is 0 Å². The van der Waals surface area contributed by atoms with Crippen LogP contribution in [0.5, 0.6) is 0 Å². The maximum absolute atomic E-state index is 12.4. The Labute approximate surface area is 182 Å². The number of benzene rings is 2. The maximum atomic E-state index is 12.4. The highest BCUT2D eigenvalue weighted by Gasteiger charge is 2.40. The number of nitrogens with zero attached hydrogens (tertiary/aromatic N) is 1. The highest BCUT2D eigenvalue weighted by atomic mass is 35.5. The number of amides is 2. The molecular formula is C23H27ClN2O4. The van der Waals surface area contributed by atoms with E-state index in [2.05, 4.69) is 5.32 Å². The van der Waals surface area contributed by atoms with Gasteiger partial charge in [-0.1, -0.05) is 35.9 Å². The molecule has 2 aromatic rings. The second kappa shape index (κ2) is 9.96. The first-order valence-corrected chi connectivity index (χ1v) is 10.4. The first kappa shape index (κ1) is 22.1. The lowest BCUT2D eigenvalue weighted by atomic mass is 9.88. The van der Waals surface area contributed by atoms with E-state index in [1.807, 2.05) is 50.2 Å². The zero-order valence-corrected chi connectivity index (χ0v) is 18.1. The van der Waals surface area contributed by atoms with E-state index in [-0.39, 0.29) is 6.61 Å². The van der Waals surface area contributed by atoms with Gasteiger partial charge in [-0.25, -0.2) is 4.79 Å². The molecule has 6 nitrogen and oxygen atoms in total. The molecule has 1 fully saturated rings. The second-order valence-electron chi connectivity index (χ2n) is 7.66. The number of hydrogen-bond donors (Lipinski definition) is 1. The third kappa shape index (κ3) is 5.32. The van der Waals surface area contributed by atoms with E-state index in [4.69, 9.17) is 21.1 Å². The van der Waals surface area contributed by atoms with Crippen LogP contribution in [0.25, 0.3) is 0 Å². The molecule has 2 aromatic carbocycles. The molecule has 1 N–H and O–H groups in total. The number of carbonyl (C=O) groups excluding carboxylic acids is 2. The number of ether oxygens (including phenoxy) is 2. The summed E-state index contributed by atoms with van der Waals surface area (Å²) in [6, 6.07) is 13.1. The Kier molecular flexibility index (Phi) is 7.34. The topological polar surface area (TPSA) is 67.9 Å². The summed E-state index contributed by atoms with van der Waals surface area (Å²) < 4.78 is 11.1. The minimum absolute atomic E-state index is 0.0796. The van der Waals surface area contributed by atoms with E-state index in [1.54, 1.807) is 11.0 Å². The number of hydrogen-bond acceptors (Lipinski definition) is 4. The van der Waals surface area contributed by atoms with Crippen LogP contribution < -0.4 is 5.32 Å². The van der Waals surface area contributed by atoms with Gasteiger partial charge in [0.05, 0.1) is 5.54 Å². The van der Waals surface area contributed by atoms with Crippen LogP contribution in [0.1, 0.15) is 29.5 Å². The van der Waals surface area contributed by atoms with Gasteiger partial charge in [0, 0.05) is 30.5 Å². The third-order valence-corrected chi connectivity index (χ3v) is 6.05. The predicted octanol–water partition coefficient (Wildman–Crippen LogP) is 4.71. The van der Waals surface area contributed by atoms with Crippen LogP contribution in [-0.4, -0.2) is 42.8 Å². The monoisotopic (exact) mass is 430 g/mol. The van der Waals surface area contributed by atoms with Crippen molar-refractivity contribution in [2.24, 2.45) is 0 Å². The smallest absolute Gasteiger partial charge is 0.411 e. The Balaban J connectivity index is 1.70. The molecular weight excluding hydrogens is 404 g/mol. The molecule has 30 heavy (non-hydrogen) atoms. The molecule has 1 aliphatic heterocycles. The van der Waals surface area contributed by atoms with Crippen LogP contribution in [-0.2, 0) is 20.8 Å². The Morgan fingerprint density at radius 3 is 2.60 bits per heavy atom. The minimum Gasteiger partial charge on any atom is -0.447 e. The summed E-state index contributed by atoms with van der Waals surface area (Å²) in [5.74, 6) is 0. The number of aryl methyl sites for hydroxylation is 2. The number of nitrogens with one attached hydrogen (secondary N) is 1. The lowest BCUT2D eigenvalue weighted by molar-refractivity contribution is -0.132. The summed E-state index contributed by atoms with van der Waals surface area (Å²) in [6.45, 7) is 5.41. The maximum Gasteiger partial charge on any atom is 0.411 e. The van der Waals surface area contributed by atoms with Gasteiger partial charge in [0.2, 0.25) is 6.41 Å². The lowest BCUT2D eigenvalue weighted by Crippen LogP contribution is -2.55. The van der Waals surface area contributed by atoms with E-state index in [1.165, 1.54) is 0 Å². The molecule has 160 valence electrons. The SMILES string of the molecule is Cc1ccc(NC(=O)OCC2(N(C=O)Cc3ccccc3Cl)CCOCC2)cc1C. The van der Waals surface area contributed by atoms with Crippen LogP contribution >= 0.6 is 11.6 Å². The largest absolute Gasteiger partial charge is 0.447 e. The van der Waals surface area contributed by atoms with Gasteiger partial charge in [0.1, 0.15) is 6.61 Å². The highest BCUT2D eigenvalue weighted by Crippen LogP contribution is 2.30. The van der Waals surface area contributed by atoms with E-state index < -0.39 is 11.6 Å². The summed E-state index contributed by atoms with van der Waals surface area (Å²) in [4.78, 5) is 26.1. The predicted molar refractivity (Wildman–Crippen MR) is 117 cm³/mol. The van der Waals surface area contributed by atoms with Crippen LogP contribution in [0, 0.1) is 13.8 Å². The van der Waals surface area contributed by atoms with Crippen molar-refractivity contribution < 1.29 is 19.1 Å². The van der Waals surface area contributed by atoms with Crippen molar-refractivity contribution in [2.45, 2.75) is 38.8 Å². The zero-order chi connectivity index (χ0) is 21.6. The van der Waals surface area contributed by atoms with Gasteiger partial charge in [-0.3, -0.25) is 10.1 Å². The molecule has 0 aliphatic carbocycles. The van der Waals surface area contributed by atoms with Gasteiger partial charge < -0.3 is 14.4 Å². The Morgan fingerprint density at radius 1 is 1.20 bits per heavy atom. The van der Waals surface area contributed by atoms with Gasteiger partial charge in [-0.05, 0) is 61.6 Å². The number of halogens is 1. The highest BCUT2D eigenvalue weighted by molar-refractivity contribution is 6.31. The minimum atomic E-state index is -0.639. The van der Waals surface area contributed by atoms with E-state index >= 15 is 0 Å². The number of rotatable bonds is 7. The van der Waals surface area contributed by atoms with E-state index in [0.717, 1.165) is 23.1 Å². The normalized spacial score (nSPS) is 15.3. The second-order valence-corrected chi connectivity index (χ2v) is 8.07. The molecule has 0 unspecified atom stereocenters. The molecule has 3 rings (SSSR count). The summed E-state index contributed by atoms with van der Waals surface area (Å²) in [7, 11) is 0. The molecule has 0 atom stereocenters. The number of carbonyl (C=O) groups is 2. The van der Waals surface area contributed by atoms with Crippen LogP contribution in [0.4, 0.5) is 10.5 Å². The summed E-state index contributed by atoms with van der Waals surface area (Å²) in [6.07, 6.45) is 1.41. The number of anilines is 1. The van der Waals surface area contributed by atoms with E-state index in [0.29, 0.717) is 43.3 Å². The fraction of sp³-hybridized carbons (Fsp3) is 0.391. The first-order valence-electron chi connectivity index (χ1n) is 9.98. The Bertz CT molecular complexity index is 897. The van der Waals surface area contributed by atoms with Crippen molar-refractivity contribution in [2.75, 3.05) is 25.1 Å². The van der Waals surface area contributed by atoms with Crippen LogP contribution in [0.15, 0.2) is 42.5 Å². The average molecular weight is 431 g/mol. The van der Waals surface area contributed by atoms with Crippen molar-refractivity contribution >= 4 is 29.8 Å². The molecule has 0 bridgehead atoms. The molecule has 0 aromatic heterocycles. The first-order chi connectivity index (χ1) is 14.4. The van der Waals surface area contributed by atoms with Crippen LogP contribution in [0.3, 0.4) is 0 Å². The van der Waals surface area contributed by atoms with Gasteiger partial charge in [0.25, 0.3) is 0 Å². The molecule has 0 spiro atoms. The third-order valence-electron chi connectivity index (χ3n) is 5.68. The molecule has 1 aliphatic rings. The van der Waals surface area contributed by atoms with Crippen molar-refractivity contribution in [3.8, 4) is 0 Å². The van der Waals surface area contributed by atoms with Gasteiger partial charge in [0.15, 0.2) is 0 Å². The van der Waals surface area contributed by atoms with Gasteiger partial charge in [-0.15, -0.1) is 0 Å². The van der Waals surface area contributed by atoms with Crippen molar-refractivity contribution in [1.29, 1.82) is 0 Å². The molecule has 0 saturated carbocycles. The summed E-state index contributed by atoms with van der Waals surface area (Å²) >= 11 is 6.29. The zero-order valence-electron chi connectivity index (χ0n) is 17.3. The quantitative estimate of drug-likeness (QED) is 0.646. The average Bonchev–Trinajstić information content (AvgIpc) is 2.75. The summed E-state index contributed by atoms with van der Waals surface area (Å²) in [5.41, 5.74) is 3.11. The molecule has 2 amide bonds. The fourth-order valence-electron chi connectivity index (χ4n) is 3.57. The van der Waals surface area contributed by atoms with Crippen LogP contribution in [0.2, 0.25) is 5.02 Å². The molecule has 0 radical (unpaired) electrons. The Hall–Kier alpha value is -2.57. The Morgan fingerprint density at radius 2 is 1.93 bits per heavy atom. The van der Waals surface area contributed by atoms with Crippen molar-refractivity contribution in [3.05, 3.63) is 64.2 Å². The van der Waals surface area contributed by atoms with Gasteiger partial charge >= 0.3 is 6.09 Å². The lowest BCUT2D eigenvalue weighted by Gasteiger charge is -2.44. The molecule has 1 saturated heterocycles. The molecule has 1 heterocycles. The van der Waals surface area contributed by atoms with Crippen molar-refractivity contribution in [1.82, 2.24) is 4.90 Å². The molecule has 7 heteroatoms. The van der Waals surface area contributed by atoms with Gasteiger partial charge in [-0.2, -0.15) is 0 Å². The standard InChI is InChI=1S/C23H27ClN2O4/c1-17-7-8-20(13-18(17)2)25-22(28)30-15-23(9-11-29-12-10-23)26(16-27)14-19-5-3-4-6-21(19)24/h3-8,13,16H,9-12,14-15H2,1-2H3,(H,25,28). The van der Waals surface area contributed by atoms with E-state index in [9.17, 15) is 9.59 Å².